The van der Waals surface area contributed by atoms with Crippen LogP contribution in [-0.2, 0) is 10.0 Å². The lowest BCUT2D eigenvalue weighted by Crippen LogP contribution is -2.34. The van der Waals surface area contributed by atoms with Crippen LogP contribution in [0, 0.1) is 6.92 Å². The Bertz CT molecular complexity index is 518. The van der Waals surface area contributed by atoms with Gasteiger partial charge in [-0.3, -0.25) is 0 Å². The van der Waals surface area contributed by atoms with Crippen LogP contribution < -0.4 is 10.0 Å². The summed E-state index contributed by atoms with van der Waals surface area (Å²) in [6.45, 7) is 4.71. The Labute approximate surface area is 122 Å². The van der Waals surface area contributed by atoms with Crippen molar-refractivity contribution >= 4 is 26.0 Å². The van der Waals surface area contributed by atoms with Gasteiger partial charge < -0.3 is 10.4 Å². The normalized spacial score (nSPS) is 13.5. The molecule has 1 aromatic carbocycles. The first-order valence-electron chi connectivity index (χ1n) is 5.97. The maximum atomic E-state index is 12.0. The van der Waals surface area contributed by atoms with Crippen molar-refractivity contribution in [2.75, 3.05) is 19.6 Å². The number of aliphatic hydroxyl groups excluding tert-OH is 1. The molecule has 0 aliphatic heterocycles. The molecule has 0 fully saturated rings. The van der Waals surface area contributed by atoms with Crippen molar-refractivity contribution < 1.29 is 13.5 Å². The summed E-state index contributed by atoms with van der Waals surface area (Å²) < 4.78 is 27.4. The standard InChI is InChI=1S/C12H19BrN2O3S/c1-9-7-11(3-4-12(9)13)19(17,18)15-6-5-14-8-10(2)16/h3-4,7,10,14-16H,5-6,8H2,1-2H3. The van der Waals surface area contributed by atoms with E-state index in [-0.39, 0.29) is 11.4 Å². The number of aliphatic hydroxyl groups is 1. The Balaban J connectivity index is 2.54. The maximum Gasteiger partial charge on any atom is 0.240 e. The van der Waals surface area contributed by atoms with Gasteiger partial charge in [-0.2, -0.15) is 0 Å². The highest BCUT2D eigenvalue weighted by molar-refractivity contribution is 9.10. The fourth-order valence-electron chi connectivity index (χ4n) is 1.45. The molecule has 108 valence electrons. The van der Waals surface area contributed by atoms with Crippen molar-refractivity contribution in [3.05, 3.63) is 28.2 Å². The predicted molar refractivity (Wildman–Crippen MR) is 78.6 cm³/mol. The fraction of sp³-hybridized carbons (Fsp3) is 0.500. The van der Waals surface area contributed by atoms with Crippen molar-refractivity contribution in [3.8, 4) is 0 Å². The first kappa shape index (κ1) is 16.6. The molecule has 0 amide bonds. The van der Waals surface area contributed by atoms with Gasteiger partial charge in [-0.15, -0.1) is 0 Å². The summed E-state index contributed by atoms with van der Waals surface area (Å²) in [5.41, 5.74) is 0.870. The molecule has 0 aliphatic carbocycles. The van der Waals surface area contributed by atoms with Crippen LogP contribution in [0.15, 0.2) is 27.6 Å². The van der Waals surface area contributed by atoms with E-state index in [1.165, 1.54) is 0 Å². The van der Waals surface area contributed by atoms with Gasteiger partial charge in [0.2, 0.25) is 10.0 Å². The van der Waals surface area contributed by atoms with E-state index in [0.717, 1.165) is 10.0 Å². The van der Waals surface area contributed by atoms with Gasteiger partial charge in [0.15, 0.2) is 0 Å². The Morgan fingerprint density at radius 3 is 2.63 bits per heavy atom. The summed E-state index contributed by atoms with van der Waals surface area (Å²) in [5, 5.41) is 12.0. The topological polar surface area (TPSA) is 78.4 Å². The van der Waals surface area contributed by atoms with Crippen LogP contribution in [0.5, 0.6) is 0 Å². The number of hydrogen-bond donors (Lipinski definition) is 3. The van der Waals surface area contributed by atoms with Crippen LogP contribution in [0.1, 0.15) is 12.5 Å². The third-order valence-electron chi connectivity index (χ3n) is 2.47. The molecular formula is C12H19BrN2O3S. The average molecular weight is 351 g/mol. The van der Waals surface area contributed by atoms with Gasteiger partial charge >= 0.3 is 0 Å². The number of halogens is 1. The predicted octanol–water partition coefficient (Wildman–Crippen LogP) is 1.01. The number of hydrogen-bond acceptors (Lipinski definition) is 4. The maximum absolute atomic E-state index is 12.0. The largest absolute Gasteiger partial charge is 0.392 e. The quantitative estimate of drug-likeness (QED) is 0.641. The van der Waals surface area contributed by atoms with Gasteiger partial charge in [0.25, 0.3) is 0 Å². The van der Waals surface area contributed by atoms with Crippen molar-refractivity contribution in [2.45, 2.75) is 24.8 Å². The summed E-state index contributed by atoms with van der Waals surface area (Å²) in [6, 6.07) is 4.90. The molecule has 0 heterocycles. The lowest BCUT2D eigenvalue weighted by atomic mass is 10.2. The van der Waals surface area contributed by atoms with Crippen LogP contribution >= 0.6 is 15.9 Å². The fourth-order valence-corrected chi connectivity index (χ4v) is 2.82. The third kappa shape index (κ3) is 5.58. The van der Waals surface area contributed by atoms with Crippen LogP contribution in [0.2, 0.25) is 0 Å². The smallest absolute Gasteiger partial charge is 0.240 e. The molecule has 3 N–H and O–H groups in total. The van der Waals surface area contributed by atoms with Crippen LogP contribution in [0.3, 0.4) is 0 Å². The van der Waals surface area contributed by atoms with E-state index in [4.69, 9.17) is 5.11 Å². The highest BCUT2D eigenvalue weighted by Gasteiger charge is 2.13. The molecule has 0 saturated heterocycles. The number of rotatable bonds is 7. The lowest BCUT2D eigenvalue weighted by Gasteiger charge is -2.09. The monoisotopic (exact) mass is 350 g/mol. The van der Waals surface area contributed by atoms with Crippen molar-refractivity contribution in [3.63, 3.8) is 0 Å². The minimum Gasteiger partial charge on any atom is -0.392 e. The Kier molecular flexibility index (Phi) is 6.41. The van der Waals surface area contributed by atoms with Crippen LogP contribution in [-0.4, -0.2) is 39.3 Å². The molecule has 1 rings (SSSR count). The summed E-state index contributed by atoms with van der Waals surface area (Å²) in [6.07, 6.45) is -0.439. The molecule has 0 aromatic heterocycles. The molecule has 1 aromatic rings. The third-order valence-corrected chi connectivity index (χ3v) is 4.82. The summed E-state index contributed by atoms with van der Waals surface area (Å²) in [4.78, 5) is 0.253. The Hall–Kier alpha value is -0.470. The minimum absolute atomic E-state index is 0.253. The highest BCUT2D eigenvalue weighted by Crippen LogP contribution is 2.19. The van der Waals surface area contributed by atoms with E-state index in [9.17, 15) is 8.42 Å². The minimum atomic E-state index is -3.47. The molecule has 0 radical (unpaired) electrons. The molecule has 5 nitrogen and oxygen atoms in total. The van der Waals surface area contributed by atoms with Gasteiger partial charge in [0.05, 0.1) is 11.0 Å². The molecule has 0 saturated carbocycles. The van der Waals surface area contributed by atoms with Crippen molar-refractivity contribution in [1.82, 2.24) is 10.0 Å². The molecule has 0 bridgehead atoms. The number of aryl methyl sites for hydroxylation is 1. The summed E-state index contributed by atoms with van der Waals surface area (Å²) >= 11 is 3.33. The van der Waals surface area contributed by atoms with E-state index < -0.39 is 16.1 Å². The molecule has 7 heteroatoms. The summed E-state index contributed by atoms with van der Waals surface area (Å²) in [5.74, 6) is 0. The molecule has 0 aliphatic rings. The number of nitrogens with one attached hydrogen (secondary N) is 2. The van der Waals surface area contributed by atoms with Gasteiger partial charge in [-0.1, -0.05) is 15.9 Å². The van der Waals surface area contributed by atoms with Crippen molar-refractivity contribution in [2.24, 2.45) is 0 Å². The van der Waals surface area contributed by atoms with Crippen LogP contribution in [0.25, 0.3) is 0 Å². The first-order chi connectivity index (χ1) is 8.83. The number of benzene rings is 1. The number of sulfonamides is 1. The zero-order valence-corrected chi connectivity index (χ0v) is 13.4. The van der Waals surface area contributed by atoms with Gasteiger partial charge in [-0.25, -0.2) is 13.1 Å². The first-order valence-corrected chi connectivity index (χ1v) is 8.25. The second-order valence-corrected chi connectivity index (χ2v) is 6.98. The van der Waals surface area contributed by atoms with Crippen molar-refractivity contribution in [1.29, 1.82) is 0 Å². The average Bonchev–Trinajstić information content (AvgIpc) is 2.31. The zero-order chi connectivity index (χ0) is 14.5. The Morgan fingerprint density at radius 2 is 2.05 bits per heavy atom. The van der Waals surface area contributed by atoms with Gasteiger partial charge in [0.1, 0.15) is 0 Å². The molecule has 19 heavy (non-hydrogen) atoms. The molecule has 1 unspecified atom stereocenters. The van der Waals surface area contributed by atoms with Crippen LogP contribution in [0.4, 0.5) is 0 Å². The zero-order valence-electron chi connectivity index (χ0n) is 11.0. The second-order valence-electron chi connectivity index (χ2n) is 4.36. The molecular weight excluding hydrogens is 332 g/mol. The van der Waals surface area contributed by atoms with E-state index in [2.05, 4.69) is 26.0 Å². The SMILES string of the molecule is Cc1cc(S(=O)(=O)NCCNCC(C)O)ccc1Br. The van der Waals surface area contributed by atoms with E-state index in [0.29, 0.717) is 13.1 Å². The Morgan fingerprint density at radius 1 is 1.37 bits per heavy atom. The van der Waals surface area contributed by atoms with E-state index in [1.807, 2.05) is 6.92 Å². The van der Waals surface area contributed by atoms with Gasteiger partial charge in [-0.05, 0) is 37.6 Å². The van der Waals surface area contributed by atoms with E-state index >= 15 is 0 Å². The second kappa shape index (κ2) is 7.35. The highest BCUT2D eigenvalue weighted by atomic mass is 79.9. The van der Waals surface area contributed by atoms with E-state index in [1.54, 1.807) is 25.1 Å². The van der Waals surface area contributed by atoms with Gasteiger partial charge in [0, 0.05) is 24.1 Å². The molecule has 1 atom stereocenters. The summed E-state index contributed by atoms with van der Waals surface area (Å²) in [7, 11) is -3.47. The lowest BCUT2D eigenvalue weighted by molar-refractivity contribution is 0.192. The molecule has 0 spiro atoms.